The van der Waals surface area contributed by atoms with E-state index in [4.69, 9.17) is 9.63 Å². The largest absolute Gasteiger partial charge is 0.481 e. The van der Waals surface area contributed by atoms with Crippen LogP contribution in [-0.4, -0.2) is 16.2 Å². The predicted octanol–water partition coefficient (Wildman–Crippen LogP) is 2.89. The fourth-order valence-electron chi connectivity index (χ4n) is 2.03. The molecule has 1 aliphatic rings. The van der Waals surface area contributed by atoms with Crippen molar-refractivity contribution < 1.29 is 14.4 Å². The number of aliphatic carboxylic acids is 1. The molecule has 1 heterocycles. The molecule has 4 nitrogen and oxygen atoms in total. The summed E-state index contributed by atoms with van der Waals surface area (Å²) in [6.07, 6.45) is 2.33. The Morgan fingerprint density at radius 2 is 2.29 bits per heavy atom. The van der Waals surface area contributed by atoms with Crippen molar-refractivity contribution in [2.24, 2.45) is 0 Å². The van der Waals surface area contributed by atoms with Crippen LogP contribution in [0.25, 0.3) is 10.9 Å². The van der Waals surface area contributed by atoms with Gasteiger partial charge in [0, 0.05) is 11.3 Å². The molecule has 2 aromatic rings. The van der Waals surface area contributed by atoms with Crippen LogP contribution in [0.3, 0.4) is 0 Å². The van der Waals surface area contributed by atoms with Gasteiger partial charge in [0.05, 0.1) is 5.92 Å². The van der Waals surface area contributed by atoms with Gasteiger partial charge < -0.3 is 9.63 Å². The molecule has 1 unspecified atom stereocenters. The van der Waals surface area contributed by atoms with E-state index >= 15 is 0 Å². The van der Waals surface area contributed by atoms with Gasteiger partial charge in [0.1, 0.15) is 11.3 Å². The van der Waals surface area contributed by atoms with Gasteiger partial charge >= 0.3 is 5.97 Å². The number of fused-ring (bicyclic) bond motifs is 1. The molecule has 1 fully saturated rings. The van der Waals surface area contributed by atoms with Crippen LogP contribution in [0.15, 0.2) is 22.7 Å². The van der Waals surface area contributed by atoms with E-state index in [-0.39, 0.29) is 0 Å². The van der Waals surface area contributed by atoms with E-state index < -0.39 is 11.9 Å². The molecule has 0 saturated heterocycles. The highest BCUT2D eigenvalue weighted by Gasteiger charge is 2.29. The number of rotatable bonds is 3. The first-order chi connectivity index (χ1) is 8.16. The number of aromatic nitrogens is 1. The molecular formula is C13H13NO3. The zero-order valence-electron chi connectivity index (χ0n) is 9.51. The van der Waals surface area contributed by atoms with Crippen LogP contribution in [0, 0.1) is 0 Å². The summed E-state index contributed by atoms with van der Waals surface area (Å²) in [5.74, 6) is 0.132. The summed E-state index contributed by atoms with van der Waals surface area (Å²) in [6.45, 7) is 1.67. The van der Waals surface area contributed by atoms with Crippen LogP contribution < -0.4 is 0 Å². The van der Waals surface area contributed by atoms with Crippen LogP contribution in [0.2, 0.25) is 0 Å². The molecule has 4 heteroatoms. The molecule has 1 aromatic heterocycles. The summed E-state index contributed by atoms with van der Waals surface area (Å²) < 4.78 is 5.34. The van der Waals surface area contributed by atoms with Gasteiger partial charge in [0.15, 0.2) is 0 Å². The minimum absolute atomic E-state index is 0.513. The Labute approximate surface area is 98.2 Å². The second-order valence-electron chi connectivity index (χ2n) is 4.66. The first-order valence-corrected chi connectivity index (χ1v) is 5.79. The Morgan fingerprint density at radius 3 is 2.94 bits per heavy atom. The number of carbonyl (C=O) groups is 1. The standard InChI is InChI=1S/C13H13NO3/c1-7(13(15)16)9-4-5-10-11(6-9)14-17-12(10)8-2-3-8/h4-8H,2-3H2,1H3,(H,15,16). The van der Waals surface area contributed by atoms with Gasteiger partial charge in [0.25, 0.3) is 0 Å². The van der Waals surface area contributed by atoms with E-state index in [1.54, 1.807) is 6.92 Å². The second kappa shape index (κ2) is 3.58. The fourth-order valence-corrected chi connectivity index (χ4v) is 2.03. The van der Waals surface area contributed by atoms with Crippen molar-refractivity contribution in [1.29, 1.82) is 0 Å². The molecule has 0 amide bonds. The van der Waals surface area contributed by atoms with Gasteiger partial charge in [-0.25, -0.2) is 0 Å². The van der Waals surface area contributed by atoms with E-state index in [0.717, 1.165) is 35.1 Å². The zero-order chi connectivity index (χ0) is 12.0. The van der Waals surface area contributed by atoms with Crippen LogP contribution in [0.1, 0.15) is 42.9 Å². The Balaban J connectivity index is 2.05. The Bertz CT molecular complexity index is 583. The molecule has 1 aliphatic carbocycles. The lowest BCUT2D eigenvalue weighted by Crippen LogP contribution is -2.06. The summed E-state index contributed by atoms with van der Waals surface area (Å²) in [6, 6.07) is 5.59. The van der Waals surface area contributed by atoms with Gasteiger partial charge in [-0.2, -0.15) is 0 Å². The van der Waals surface area contributed by atoms with Crippen LogP contribution in [0.5, 0.6) is 0 Å². The van der Waals surface area contributed by atoms with E-state index in [9.17, 15) is 4.79 Å². The van der Waals surface area contributed by atoms with Crippen LogP contribution in [-0.2, 0) is 4.79 Å². The van der Waals surface area contributed by atoms with Crippen LogP contribution in [0.4, 0.5) is 0 Å². The van der Waals surface area contributed by atoms with E-state index in [0.29, 0.717) is 5.92 Å². The molecule has 1 atom stereocenters. The maximum absolute atomic E-state index is 10.9. The topological polar surface area (TPSA) is 63.3 Å². The summed E-state index contributed by atoms with van der Waals surface area (Å²) >= 11 is 0. The first-order valence-electron chi connectivity index (χ1n) is 5.79. The van der Waals surface area contributed by atoms with Crippen molar-refractivity contribution in [2.75, 3.05) is 0 Å². The summed E-state index contributed by atoms with van der Waals surface area (Å²) in [4.78, 5) is 10.9. The second-order valence-corrected chi connectivity index (χ2v) is 4.66. The average molecular weight is 231 g/mol. The molecular weight excluding hydrogens is 218 g/mol. The molecule has 1 N–H and O–H groups in total. The smallest absolute Gasteiger partial charge is 0.310 e. The Morgan fingerprint density at radius 1 is 1.53 bits per heavy atom. The van der Waals surface area contributed by atoms with E-state index in [1.165, 1.54) is 0 Å². The monoisotopic (exact) mass is 231 g/mol. The SMILES string of the molecule is CC(C(=O)O)c1ccc2c(C3CC3)onc2c1. The zero-order valence-corrected chi connectivity index (χ0v) is 9.51. The minimum atomic E-state index is -0.824. The maximum atomic E-state index is 10.9. The van der Waals surface area contributed by atoms with E-state index in [2.05, 4.69) is 5.16 Å². The van der Waals surface area contributed by atoms with Gasteiger partial charge in [-0.15, -0.1) is 0 Å². The Kier molecular flexibility index (Phi) is 2.18. The van der Waals surface area contributed by atoms with Crippen molar-refractivity contribution in [3.05, 3.63) is 29.5 Å². The molecule has 3 rings (SSSR count). The number of hydrogen-bond acceptors (Lipinski definition) is 3. The highest BCUT2D eigenvalue weighted by molar-refractivity contribution is 5.84. The van der Waals surface area contributed by atoms with Crippen molar-refractivity contribution in [3.8, 4) is 0 Å². The lowest BCUT2D eigenvalue weighted by atomic mass is 9.99. The number of benzene rings is 1. The number of carboxylic acid groups (broad SMARTS) is 1. The van der Waals surface area contributed by atoms with E-state index in [1.807, 2.05) is 18.2 Å². The molecule has 17 heavy (non-hydrogen) atoms. The predicted molar refractivity (Wildman–Crippen MR) is 62.0 cm³/mol. The average Bonchev–Trinajstić information content (AvgIpc) is 3.07. The summed E-state index contributed by atoms with van der Waals surface area (Å²) in [5.41, 5.74) is 1.53. The number of carboxylic acids is 1. The van der Waals surface area contributed by atoms with Gasteiger partial charge in [0.2, 0.25) is 0 Å². The molecule has 0 spiro atoms. The fraction of sp³-hybridized carbons (Fsp3) is 0.385. The molecule has 0 bridgehead atoms. The van der Waals surface area contributed by atoms with Gasteiger partial charge in [-0.1, -0.05) is 11.2 Å². The van der Waals surface area contributed by atoms with Crippen molar-refractivity contribution in [1.82, 2.24) is 5.16 Å². The number of nitrogens with zero attached hydrogens (tertiary/aromatic N) is 1. The number of hydrogen-bond donors (Lipinski definition) is 1. The third kappa shape index (κ3) is 1.69. The molecule has 1 saturated carbocycles. The van der Waals surface area contributed by atoms with Crippen molar-refractivity contribution in [3.63, 3.8) is 0 Å². The van der Waals surface area contributed by atoms with Crippen LogP contribution >= 0.6 is 0 Å². The summed E-state index contributed by atoms with van der Waals surface area (Å²) in [7, 11) is 0. The molecule has 88 valence electrons. The quantitative estimate of drug-likeness (QED) is 0.882. The lowest BCUT2D eigenvalue weighted by molar-refractivity contribution is -0.138. The lowest BCUT2D eigenvalue weighted by Gasteiger charge is -2.05. The third-order valence-electron chi connectivity index (χ3n) is 3.35. The normalized spacial score (nSPS) is 17.2. The van der Waals surface area contributed by atoms with Gasteiger partial charge in [-0.3, -0.25) is 4.79 Å². The molecule has 1 aromatic carbocycles. The summed E-state index contributed by atoms with van der Waals surface area (Å²) in [5, 5.41) is 14.0. The minimum Gasteiger partial charge on any atom is -0.481 e. The highest BCUT2D eigenvalue weighted by Crippen LogP contribution is 2.43. The van der Waals surface area contributed by atoms with Crippen molar-refractivity contribution >= 4 is 16.9 Å². The Hall–Kier alpha value is -1.84. The molecule has 0 aliphatic heterocycles. The third-order valence-corrected chi connectivity index (χ3v) is 3.35. The maximum Gasteiger partial charge on any atom is 0.310 e. The highest BCUT2D eigenvalue weighted by atomic mass is 16.5. The van der Waals surface area contributed by atoms with Gasteiger partial charge in [-0.05, 0) is 37.5 Å². The first kappa shape index (κ1) is 10.3. The molecule has 0 radical (unpaired) electrons. The van der Waals surface area contributed by atoms with Crippen molar-refractivity contribution in [2.45, 2.75) is 31.6 Å².